The van der Waals surface area contributed by atoms with Crippen molar-refractivity contribution in [2.24, 2.45) is 10.8 Å². The Hall–Kier alpha value is -2.04. The summed E-state index contributed by atoms with van der Waals surface area (Å²) in [5, 5.41) is 0. The summed E-state index contributed by atoms with van der Waals surface area (Å²) in [5.41, 5.74) is -0.301. The van der Waals surface area contributed by atoms with Gasteiger partial charge >= 0.3 is 11.9 Å². The summed E-state index contributed by atoms with van der Waals surface area (Å²) in [5.74, 6) is 0.418. The highest BCUT2D eigenvalue weighted by molar-refractivity contribution is 5.81. The van der Waals surface area contributed by atoms with Crippen LogP contribution in [0.15, 0.2) is 12.1 Å². The fourth-order valence-corrected chi connectivity index (χ4v) is 3.85. The maximum atomic E-state index is 13.6. The van der Waals surface area contributed by atoms with Crippen LogP contribution in [0.5, 0.6) is 11.5 Å². The number of ether oxygens (including phenoxy) is 3. The third-order valence-electron chi connectivity index (χ3n) is 5.36. The Labute approximate surface area is 188 Å². The number of esters is 2. The highest BCUT2D eigenvalue weighted by atomic mass is 16.6. The van der Waals surface area contributed by atoms with Crippen molar-refractivity contribution >= 4 is 11.9 Å². The fraction of sp³-hybridized carbons (Fsp3) is 0.692. The molecule has 0 fully saturated rings. The Morgan fingerprint density at radius 1 is 0.806 bits per heavy atom. The molecular weight excluding hydrogens is 392 g/mol. The molecule has 1 rings (SSSR count). The van der Waals surface area contributed by atoms with Crippen LogP contribution in [0.4, 0.5) is 0 Å². The Balaban J connectivity index is 3.65. The van der Waals surface area contributed by atoms with Crippen molar-refractivity contribution in [2.45, 2.75) is 100 Å². The molecule has 1 aromatic carbocycles. The van der Waals surface area contributed by atoms with Crippen LogP contribution >= 0.6 is 0 Å². The number of hydrogen-bond acceptors (Lipinski definition) is 5. The van der Waals surface area contributed by atoms with E-state index >= 15 is 0 Å². The Morgan fingerprint density at radius 3 is 1.52 bits per heavy atom. The van der Waals surface area contributed by atoms with Gasteiger partial charge in [-0.2, -0.15) is 0 Å². The van der Waals surface area contributed by atoms with Crippen LogP contribution in [-0.4, -0.2) is 25.2 Å². The van der Waals surface area contributed by atoms with Crippen LogP contribution in [0.1, 0.15) is 94.2 Å². The van der Waals surface area contributed by atoms with E-state index in [1.165, 1.54) is 6.92 Å². The second-order valence-corrected chi connectivity index (χ2v) is 12.0. The van der Waals surface area contributed by atoms with Crippen molar-refractivity contribution in [1.82, 2.24) is 0 Å². The molecule has 5 nitrogen and oxygen atoms in total. The van der Waals surface area contributed by atoms with Crippen LogP contribution < -0.4 is 9.47 Å². The maximum Gasteiger partial charge on any atom is 0.320 e. The van der Waals surface area contributed by atoms with Crippen molar-refractivity contribution in [2.75, 3.05) is 7.11 Å². The van der Waals surface area contributed by atoms with E-state index in [-0.39, 0.29) is 10.8 Å². The minimum absolute atomic E-state index is 0.284. The summed E-state index contributed by atoms with van der Waals surface area (Å²) in [6.45, 7) is 23.2. The molecule has 0 bridgehead atoms. The molecule has 0 saturated heterocycles. The summed E-state index contributed by atoms with van der Waals surface area (Å²) in [6.07, 6.45) is -0.653. The quantitative estimate of drug-likeness (QED) is 0.408. The van der Waals surface area contributed by atoms with Crippen LogP contribution in [0, 0.1) is 10.8 Å². The second kappa shape index (κ2) is 8.84. The van der Waals surface area contributed by atoms with Crippen molar-refractivity contribution in [3.8, 4) is 11.5 Å². The Bertz CT molecular complexity index is 779. The van der Waals surface area contributed by atoms with Gasteiger partial charge in [0.1, 0.15) is 23.0 Å². The lowest BCUT2D eigenvalue weighted by Gasteiger charge is -2.40. The van der Waals surface area contributed by atoms with Crippen molar-refractivity contribution in [1.29, 1.82) is 0 Å². The number of carbonyl (C=O) groups excluding carboxylic acids is 2. The second-order valence-electron chi connectivity index (χ2n) is 12.0. The van der Waals surface area contributed by atoms with Crippen LogP contribution in [-0.2, 0) is 25.2 Å². The third-order valence-corrected chi connectivity index (χ3v) is 5.36. The van der Waals surface area contributed by atoms with Gasteiger partial charge in [0.25, 0.3) is 0 Å². The largest absolute Gasteiger partial charge is 0.497 e. The van der Waals surface area contributed by atoms with Gasteiger partial charge in [-0.3, -0.25) is 9.59 Å². The lowest BCUT2D eigenvalue weighted by atomic mass is 9.72. The van der Waals surface area contributed by atoms with E-state index in [1.807, 2.05) is 32.9 Å². The lowest BCUT2D eigenvalue weighted by Crippen LogP contribution is -2.49. The first kappa shape index (κ1) is 27.0. The van der Waals surface area contributed by atoms with Gasteiger partial charge in [-0.25, -0.2) is 0 Å². The highest BCUT2D eigenvalue weighted by Crippen LogP contribution is 2.44. The molecule has 1 aromatic rings. The Kier molecular flexibility index (Phi) is 7.69. The molecule has 5 heteroatoms. The molecule has 0 aromatic heterocycles. The molecule has 0 unspecified atom stereocenters. The maximum absolute atomic E-state index is 13.6. The highest BCUT2D eigenvalue weighted by Gasteiger charge is 2.48. The number of hydrogen-bond donors (Lipinski definition) is 0. The van der Waals surface area contributed by atoms with E-state index in [4.69, 9.17) is 14.2 Å². The van der Waals surface area contributed by atoms with E-state index in [9.17, 15) is 9.59 Å². The van der Waals surface area contributed by atoms with Crippen molar-refractivity contribution in [3.63, 3.8) is 0 Å². The molecule has 0 spiro atoms. The van der Waals surface area contributed by atoms with Crippen LogP contribution in [0.3, 0.4) is 0 Å². The molecular formula is C26H42O5. The van der Waals surface area contributed by atoms with Crippen molar-refractivity contribution < 1.29 is 23.8 Å². The topological polar surface area (TPSA) is 61.8 Å². The fourth-order valence-electron chi connectivity index (χ4n) is 3.85. The minimum Gasteiger partial charge on any atom is -0.497 e. The van der Waals surface area contributed by atoms with Gasteiger partial charge in [-0.15, -0.1) is 0 Å². The molecule has 176 valence electrons. The monoisotopic (exact) mass is 434 g/mol. The number of methoxy groups -OCH3 is 1. The molecule has 0 saturated carbocycles. The van der Waals surface area contributed by atoms with Crippen LogP contribution in [0.25, 0.3) is 0 Å². The lowest BCUT2D eigenvalue weighted by molar-refractivity contribution is -0.173. The molecule has 0 aliphatic rings. The van der Waals surface area contributed by atoms with Crippen LogP contribution in [0.2, 0.25) is 0 Å². The molecule has 31 heavy (non-hydrogen) atoms. The summed E-state index contributed by atoms with van der Waals surface area (Å²) in [4.78, 5) is 25.4. The van der Waals surface area contributed by atoms with Gasteiger partial charge < -0.3 is 14.2 Å². The zero-order chi connectivity index (χ0) is 24.6. The first-order chi connectivity index (χ1) is 13.7. The summed E-state index contributed by atoms with van der Waals surface area (Å²) in [7, 11) is 1.63. The molecule has 0 aliphatic heterocycles. The van der Waals surface area contributed by atoms with E-state index in [0.717, 1.165) is 16.9 Å². The Morgan fingerprint density at radius 2 is 1.23 bits per heavy atom. The zero-order valence-corrected chi connectivity index (χ0v) is 21.8. The predicted octanol–water partition coefficient (Wildman–Crippen LogP) is 6.20. The first-order valence-electron chi connectivity index (χ1n) is 10.9. The zero-order valence-electron chi connectivity index (χ0n) is 21.8. The standard InChI is InChI=1S/C26H42O5/c1-16(27)30-21(25(8,9)10)26(11,12)22(28)31-20-18(23(2,3)4)14-17(29-13)15-19(20)24(5,6)7/h14-15,21H,1-13H3/t21-/m1/s1. The molecule has 0 radical (unpaired) electrons. The van der Waals surface area contributed by atoms with Gasteiger partial charge in [-0.1, -0.05) is 62.3 Å². The molecule has 0 amide bonds. The van der Waals surface area contributed by atoms with Gasteiger partial charge in [-0.05, 0) is 36.8 Å². The van der Waals surface area contributed by atoms with Crippen molar-refractivity contribution in [3.05, 3.63) is 23.3 Å². The van der Waals surface area contributed by atoms with Gasteiger partial charge in [0.2, 0.25) is 0 Å². The first-order valence-corrected chi connectivity index (χ1v) is 10.9. The van der Waals surface area contributed by atoms with E-state index in [0.29, 0.717) is 5.75 Å². The van der Waals surface area contributed by atoms with Gasteiger partial charge in [0, 0.05) is 23.5 Å². The van der Waals surface area contributed by atoms with Gasteiger partial charge in [0.15, 0.2) is 0 Å². The summed E-state index contributed by atoms with van der Waals surface area (Å²) < 4.78 is 17.3. The number of benzene rings is 1. The smallest absolute Gasteiger partial charge is 0.320 e. The van der Waals surface area contributed by atoms with E-state index < -0.39 is 28.9 Å². The van der Waals surface area contributed by atoms with E-state index in [2.05, 4.69) is 41.5 Å². The average molecular weight is 435 g/mol. The predicted molar refractivity (Wildman–Crippen MR) is 125 cm³/mol. The number of carbonyl (C=O) groups is 2. The minimum atomic E-state index is -1.06. The molecule has 0 heterocycles. The molecule has 1 atom stereocenters. The summed E-state index contributed by atoms with van der Waals surface area (Å²) in [6, 6.07) is 3.86. The molecule has 0 N–H and O–H groups in total. The SMILES string of the molecule is COc1cc(C(C)(C)C)c(OC(=O)C(C)(C)[C@H](OC(C)=O)C(C)(C)C)c(C(C)(C)C)c1. The third kappa shape index (κ3) is 6.47. The average Bonchev–Trinajstić information content (AvgIpc) is 2.56. The molecule has 0 aliphatic carbocycles. The van der Waals surface area contributed by atoms with E-state index in [1.54, 1.807) is 21.0 Å². The normalized spacial score (nSPS) is 14.1. The number of rotatable bonds is 5. The van der Waals surface area contributed by atoms with Gasteiger partial charge in [0.05, 0.1) is 7.11 Å². The summed E-state index contributed by atoms with van der Waals surface area (Å²) >= 11 is 0.